The number of rotatable bonds is 16. The van der Waals surface area contributed by atoms with Crippen molar-refractivity contribution in [1.29, 1.82) is 0 Å². The summed E-state index contributed by atoms with van der Waals surface area (Å²) in [5, 5.41) is 20.9. The predicted molar refractivity (Wildman–Crippen MR) is 130 cm³/mol. The minimum atomic E-state index is -0.939. The van der Waals surface area contributed by atoms with E-state index in [0.29, 0.717) is 28.1 Å². The minimum absolute atomic E-state index is 0.0416. The number of hydrogen-bond donors (Lipinski definition) is 4. The topological polar surface area (TPSA) is 156 Å². The molecule has 0 radical (unpaired) electrons. The molecule has 3 rings (SSSR count). The Balaban J connectivity index is 1.12. The van der Waals surface area contributed by atoms with Crippen molar-refractivity contribution in [3.8, 4) is 0 Å². The van der Waals surface area contributed by atoms with Crippen LogP contribution in [0.4, 0.5) is 4.79 Å². The van der Waals surface area contributed by atoms with Crippen LogP contribution in [0.5, 0.6) is 0 Å². The van der Waals surface area contributed by atoms with Crippen molar-refractivity contribution in [1.82, 2.24) is 21.0 Å². The molecule has 0 spiro atoms. The zero-order valence-corrected chi connectivity index (χ0v) is 21.5. The molecule has 0 saturated carbocycles. The monoisotopic (exact) mass is 556 g/mol. The van der Waals surface area contributed by atoms with Crippen molar-refractivity contribution in [2.45, 2.75) is 54.7 Å². The van der Waals surface area contributed by atoms with Crippen molar-refractivity contribution in [3.63, 3.8) is 0 Å². The Hall–Kier alpha value is -0.880. The molecule has 3 heterocycles. The van der Waals surface area contributed by atoms with Gasteiger partial charge in [-0.1, -0.05) is 33.0 Å². The maximum absolute atomic E-state index is 12.0. The number of hydrogen-bond acceptors (Lipinski definition) is 13. The van der Waals surface area contributed by atoms with Crippen LogP contribution in [0.1, 0.15) is 32.1 Å². The van der Waals surface area contributed by atoms with Gasteiger partial charge in [-0.25, -0.2) is 14.8 Å². The lowest BCUT2D eigenvalue weighted by molar-refractivity contribution is -0.432. The molecule has 16 heteroatoms. The summed E-state index contributed by atoms with van der Waals surface area (Å²) >= 11 is 2.40. The molecule has 0 aromatic carbocycles. The Morgan fingerprint density at radius 3 is 2.82 bits per heavy atom. The Bertz CT molecular complexity index is 736. The first-order valence-electron chi connectivity index (χ1n) is 10.8. The van der Waals surface area contributed by atoms with Crippen LogP contribution >= 0.6 is 45.4 Å². The Morgan fingerprint density at radius 1 is 1.18 bits per heavy atom. The molecular weight excluding hydrogens is 528 g/mol. The number of unbranched alkanes of at least 4 members (excludes halogenated alkanes) is 1. The fraction of sp³-hybridized carbons (Fsp3) is 0.778. The van der Waals surface area contributed by atoms with E-state index in [9.17, 15) is 19.2 Å². The molecule has 0 bridgehead atoms. The van der Waals surface area contributed by atoms with Crippen molar-refractivity contribution in [2.24, 2.45) is 0 Å². The van der Waals surface area contributed by atoms with Gasteiger partial charge in [0.05, 0.1) is 24.9 Å². The second kappa shape index (κ2) is 14.6. The van der Waals surface area contributed by atoms with Gasteiger partial charge < -0.3 is 20.8 Å². The van der Waals surface area contributed by atoms with Gasteiger partial charge >= 0.3 is 12.0 Å². The smallest absolute Gasteiger partial charge is 0.332 e. The molecule has 0 aromatic heterocycles. The SMILES string of the molecule is O=C1N[C@H]2CSC(CCCCNCCSSCCC(=O)ON3C(=O)CC(SOOO)C3=O)[C@H]2N1. The van der Waals surface area contributed by atoms with Gasteiger partial charge in [-0.3, -0.25) is 9.59 Å². The van der Waals surface area contributed by atoms with Gasteiger partial charge in [-0.2, -0.15) is 11.8 Å². The van der Waals surface area contributed by atoms with Gasteiger partial charge in [0.15, 0.2) is 0 Å². The highest BCUT2D eigenvalue weighted by Gasteiger charge is 2.43. The van der Waals surface area contributed by atoms with Gasteiger partial charge in [0.2, 0.25) is 0 Å². The Morgan fingerprint density at radius 2 is 2.00 bits per heavy atom. The molecule has 4 amide bonds. The normalized spacial score (nSPS) is 26.0. The van der Waals surface area contributed by atoms with Crippen LogP contribution in [0.15, 0.2) is 0 Å². The summed E-state index contributed by atoms with van der Waals surface area (Å²) in [5.41, 5.74) is 0. The third kappa shape index (κ3) is 8.36. The number of nitrogens with zero attached hydrogens (tertiary/aromatic N) is 1. The molecule has 12 nitrogen and oxygen atoms in total. The molecule has 3 fully saturated rings. The summed E-state index contributed by atoms with van der Waals surface area (Å²) in [6.07, 6.45) is 3.17. The molecule has 3 aliphatic rings. The summed E-state index contributed by atoms with van der Waals surface area (Å²) in [6, 6.07) is 0.506. The summed E-state index contributed by atoms with van der Waals surface area (Å²) in [5.74, 6) is 0.309. The van der Waals surface area contributed by atoms with E-state index < -0.39 is 23.0 Å². The standard InChI is InChI=1S/C18H28N4O8S4/c23-14-9-13(34-30-29-27)17(25)22(14)28-15(24)4-7-32-33-8-6-19-5-2-1-3-12-16-11(10-31-12)20-18(26)21-16/h11-13,16,19,27H,1-10H2,(H2,20,21,26)/t11-,12?,13?,16-/m0/s1. The largest absolute Gasteiger partial charge is 0.334 e. The molecule has 2 unspecified atom stereocenters. The van der Waals surface area contributed by atoms with E-state index in [4.69, 9.17) is 10.1 Å². The first-order valence-corrected chi connectivity index (χ1v) is 15.2. The quantitative estimate of drug-likeness (QED) is 0.0411. The molecule has 4 atom stereocenters. The van der Waals surface area contributed by atoms with Crippen molar-refractivity contribution in [3.05, 3.63) is 0 Å². The third-order valence-corrected chi connectivity index (χ3v) is 9.96. The van der Waals surface area contributed by atoms with E-state index in [2.05, 4.69) is 25.3 Å². The van der Waals surface area contributed by atoms with Gasteiger partial charge in [0, 0.05) is 41.1 Å². The number of thioether (sulfide) groups is 1. The molecule has 3 saturated heterocycles. The maximum atomic E-state index is 12.0. The molecular formula is C18H28N4O8S4. The number of fused-ring (bicyclic) bond motifs is 1. The lowest BCUT2D eigenvalue weighted by Gasteiger charge is -2.16. The first kappa shape index (κ1) is 27.7. The number of imide groups is 1. The number of hydroxylamine groups is 2. The lowest BCUT2D eigenvalue weighted by Crippen LogP contribution is -2.36. The zero-order valence-electron chi connectivity index (χ0n) is 18.3. The van der Waals surface area contributed by atoms with E-state index in [0.717, 1.165) is 43.9 Å². The lowest BCUT2D eigenvalue weighted by atomic mass is 10.0. The van der Waals surface area contributed by atoms with Gasteiger partial charge in [0.25, 0.3) is 11.8 Å². The highest BCUT2D eigenvalue weighted by atomic mass is 33.1. The van der Waals surface area contributed by atoms with Crippen molar-refractivity contribution < 1.29 is 38.6 Å². The second-order valence-corrected chi connectivity index (χ2v) is 12.6. The fourth-order valence-corrected chi connectivity index (χ4v) is 7.67. The second-order valence-electron chi connectivity index (χ2n) is 7.68. The average molecular weight is 557 g/mol. The van der Waals surface area contributed by atoms with Crippen LogP contribution < -0.4 is 16.0 Å². The van der Waals surface area contributed by atoms with E-state index in [1.54, 1.807) is 10.8 Å². The highest BCUT2D eigenvalue weighted by Crippen LogP contribution is 2.33. The van der Waals surface area contributed by atoms with E-state index >= 15 is 0 Å². The van der Waals surface area contributed by atoms with Crippen LogP contribution in [0.3, 0.4) is 0 Å². The molecule has 34 heavy (non-hydrogen) atoms. The summed E-state index contributed by atoms with van der Waals surface area (Å²) in [6.45, 7) is 1.81. The molecule has 192 valence electrons. The molecule has 0 aliphatic carbocycles. The van der Waals surface area contributed by atoms with E-state index in [-0.39, 0.29) is 31.0 Å². The summed E-state index contributed by atoms with van der Waals surface area (Å²) in [4.78, 5) is 51.9. The van der Waals surface area contributed by atoms with Crippen LogP contribution in [-0.4, -0.2) is 87.1 Å². The average Bonchev–Trinajstić information content (AvgIpc) is 3.44. The first-order chi connectivity index (χ1) is 16.5. The molecule has 0 aromatic rings. The molecule has 4 N–H and O–H groups in total. The Kier molecular flexibility index (Phi) is 11.9. The summed E-state index contributed by atoms with van der Waals surface area (Å²) < 4.78 is 4.17. The number of amides is 4. The van der Waals surface area contributed by atoms with E-state index in [1.807, 2.05) is 11.8 Å². The van der Waals surface area contributed by atoms with Gasteiger partial charge in [-0.05, 0) is 19.4 Å². The number of carbonyl (C=O) groups excluding carboxylic acids is 4. The fourth-order valence-electron chi connectivity index (χ4n) is 3.69. The highest BCUT2D eigenvalue weighted by molar-refractivity contribution is 8.76. The zero-order chi connectivity index (χ0) is 24.3. The van der Waals surface area contributed by atoms with Gasteiger partial charge in [0.1, 0.15) is 5.25 Å². The van der Waals surface area contributed by atoms with Crippen LogP contribution in [0.25, 0.3) is 0 Å². The van der Waals surface area contributed by atoms with Crippen LogP contribution in [-0.2, 0) is 28.6 Å². The van der Waals surface area contributed by atoms with E-state index in [1.165, 1.54) is 10.8 Å². The van der Waals surface area contributed by atoms with Crippen LogP contribution in [0, 0.1) is 0 Å². The number of nitrogens with one attached hydrogen (secondary N) is 3. The molecule has 3 aliphatic heterocycles. The minimum Gasteiger partial charge on any atom is -0.332 e. The predicted octanol–water partition coefficient (Wildman–Crippen LogP) is 1.34. The maximum Gasteiger partial charge on any atom is 0.334 e. The summed E-state index contributed by atoms with van der Waals surface area (Å²) in [7, 11) is 3.16. The Labute approximate surface area is 213 Å². The number of urea groups is 1. The van der Waals surface area contributed by atoms with Crippen LogP contribution in [0.2, 0.25) is 0 Å². The van der Waals surface area contributed by atoms with Crippen molar-refractivity contribution >= 4 is 69.2 Å². The van der Waals surface area contributed by atoms with Gasteiger partial charge in [-0.15, -0.1) is 9.40 Å². The van der Waals surface area contributed by atoms with Crippen molar-refractivity contribution in [2.75, 3.05) is 30.3 Å². The third-order valence-electron chi connectivity index (χ3n) is 5.31. The number of carbonyl (C=O) groups is 4.